The Hall–Kier alpha value is -5.81. The molecule has 21 nitrogen and oxygen atoms in total. The topological polar surface area (TPSA) is 323 Å². The van der Waals surface area contributed by atoms with Crippen molar-refractivity contribution in [3.8, 4) is 0 Å². The van der Waals surface area contributed by atoms with Crippen LogP contribution in [0.3, 0.4) is 0 Å². The van der Waals surface area contributed by atoms with Crippen LogP contribution in [-0.4, -0.2) is 149 Å². The average molecular weight is 2060 g/mol. The molecule has 1 aliphatic carbocycles. The van der Waals surface area contributed by atoms with Crippen molar-refractivity contribution in [1.82, 2.24) is 15.5 Å². The number of unbranched alkanes of at least 4 members (excludes halogenated alkanes) is 5. The van der Waals surface area contributed by atoms with E-state index in [1.54, 1.807) is 25.0 Å². The number of ether oxygens (including phenoxy) is 2. The number of allylic oxidation sites excluding steroid dienone is 1. The van der Waals surface area contributed by atoms with Crippen molar-refractivity contribution in [3.05, 3.63) is 46.5 Å². The minimum atomic E-state index is -4.77. The number of hydrogen-bond donors (Lipinski definition) is 3. The number of imide groups is 1. The van der Waals surface area contributed by atoms with Crippen LogP contribution in [0.25, 0.3) is 0 Å². The third-order valence-corrected chi connectivity index (χ3v) is 25.5. The van der Waals surface area contributed by atoms with Crippen LogP contribution in [0.5, 0.6) is 0 Å². The maximum atomic E-state index is 11.9. The first-order chi connectivity index (χ1) is 66.5. The van der Waals surface area contributed by atoms with Gasteiger partial charge in [-0.2, -0.15) is 0 Å². The van der Waals surface area contributed by atoms with Gasteiger partial charge in [-0.1, -0.05) is 389 Å². The van der Waals surface area contributed by atoms with Crippen LogP contribution >= 0.6 is 0 Å². The smallest absolute Gasteiger partial charge is 0.308 e. The van der Waals surface area contributed by atoms with E-state index < -0.39 is 33.0 Å². The molecule has 4 atom stereocenters. The van der Waals surface area contributed by atoms with E-state index in [1.165, 1.54) is 145 Å². The first-order valence-electron chi connectivity index (χ1n) is 56.8. The lowest BCUT2D eigenvalue weighted by Gasteiger charge is -2.31. The molecule has 1 saturated carbocycles. The highest BCUT2D eigenvalue weighted by molar-refractivity contribution is 7.87. The van der Waals surface area contributed by atoms with E-state index in [4.69, 9.17) is 19.6 Å². The highest BCUT2D eigenvalue weighted by Gasteiger charge is 2.40. The number of esters is 1. The zero-order valence-electron chi connectivity index (χ0n) is 101. The molecule has 0 spiro atoms. The normalized spacial score (nSPS) is 14.6. The first kappa shape index (κ1) is 151. The van der Waals surface area contributed by atoms with Crippen molar-refractivity contribution in [2.45, 2.75) is 519 Å². The SMILES string of the molecule is CC(C)C.CC(C)C(=O)CCC(=O)CCC(C(=O)C(C)C)S(=O)(=O)[O-].CC(C)C(=O)CCN1C(=O)CC(C(C)C)C1=O.CC(C)CC(=O)C(C)C.CC(C)CCCCC(=O)C(C)C.CC(C)CCCCCC(CC(C)C)C(=O)O.CC(C)CCCCOCCCCC(C)C.CC(C)NCCC(=O)C(C)C.CC(C)NCc1ccc(C(C)C)cc1.CC(C)OC(=O)C(C)C.CC1=C2CCCCCCC2C(C(C)C)=NC1. The number of ketones is 7. The van der Waals surface area contributed by atoms with E-state index in [0.717, 1.165) is 101 Å². The standard InChI is InChI=1S/C15H25N.C14H24O6S.C14H28O2.C14H30O.C13H21NO3.C13H21N.C11H22O.C9H19NO.C8H16O.C7H14O2.C4H10/c1-11(2)15-14-9-7-5-4-6-8-13(14)12(3)10-16-15;1-9(2)12(16)7-5-11(15)6-8-13(21(18,19)20)14(17)10(3)4;1-11(2)8-6-5-7-9-13(14(15)16)10-12(3)4;1-13(2)9-5-7-11-15-12-8-6-10-14(3)4;1-8(2)10-7-12(16)14(13(10)17)6-5-11(15)9(3)4;1-10(2)13-7-5-12(6-8-13)9-14-11(3)4;1-9(2)7-5-6-8-11(12)10(3)4;1-7(2)9(11)5-6-10-8(3)4;1-6(2)5-8(9)7(3)4;1-5(2)7(8)9-6(3)4;1-4(2)3/h11,14H,4-10H2,1-3H3;9-10,13H,5-8H2,1-4H3,(H,18,19,20);11-13H,5-10H2,1-4H3,(H,15,16);13-14H,5-12H2,1-4H3;8-10H,5-7H2,1-4H3;5-8,10-11,14H,9H2,1-4H3;9-10H,5-8H2,1-4H3;7-8,10H,5-6H2,1-4H3;6-7H,5H2,1-4H3;5-6H,1-4H3;4H,1-3H3/p-1. The van der Waals surface area contributed by atoms with Gasteiger partial charge < -0.3 is 29.8 Å². The Balaban J connectivity index is -0.000000291. The molecule has 4 unspecified atom stereocenters. The summed E-state index contributed by atoms with van der Waals surface area (Å²) in [5.74, 6) is 5.95. The van der Waals surface area contributed by atoms with Crippen LogP contribution in [0.1, 0.15) is 500 Å². The summed E-state index contributed by atoms with van der Waals surface area (Å²) in [6, 6.07) is 9.91. The lowest BCUT2D eigenvalue weighted by Crippen LogP contribution is -2.34. The fourth-order valence-corrected chi connectivity index (χ4v) is 15.8. The maximum absolute atomic E-state index is 11.9. The van der Waals surface area contributed by atoms with Gasteiger partial charge in [0.15, 0.2) is 5.78 Å². The summed E-state index contributed by atoms with van der Waals surface area (Å²) in [5.41, 5.74) is 7.58. The fraction of sp³-hybridized carbons (Fsp3) is 0.836. The average Bonchev–Trinajstić information content (AvgIpc) is 1.61. The summed E-state index contributed by atoms with van der Waals surface area (Å²) in [7, 11) is -4.77. The molecular weight excluding hydrogens is 1830 g/mol. The van der Waals surface area contributed by atoms with Gasteiger partial charge in [-0.05, 0) is 149 Å². The van der Waals surface area contributed by atoms with E-state index in [1.807, 2.05) is 96.9 Å². The summed E-state index contributed by atoms with van der Waals surface area (Å²) in [6.45, 7) is 90.8. The lowest BCUT2D eigenvalue weighted by atomic mass is 9.77. The first-order valence-corrected chi connectivity index (χ1v) is 58.3. The van der Waals surface area contributed by atoms with E-state index in [0.29, 0.717) is 71.9 Å². The number of likely N-dealkylation sites (tertiary alicyclic amines) is 1. The largest absolute Gasteiger partial charge is 0.747 e. The van der Waals surface area contributed by atoms with Crippen molar-refractivity contribution in [2.24, 2.45) is 117 Å². The van der Waals surface area contributed by atoms with Crippen LogP contribution < -0.4 is 10.6 Å². The molecule has 22 heteroatoms. The third-order valence-electron chi connectivity index (χ3n) is 24.3. The summed E-state index contributed by atoms with van der Waals surface area (Å²) >= 11 is 0. The van der Waals surface area contributed by atoms with E-state index >= 15 is 0 Å². The quantitative estimate of drug-likeness (QED) is 0.0179. The molecule has 2 aliphatic heterocycles. The number of amides is 2. The summed E-state index contributed by atoms with van der Waals surface area (Å²) in [5, 5.41) is 14.0. The van der Waals surface area contributed by atoms with Crippen molar-refractivity contribution in [3.63, 3.8) is 0 Å². The summed E-state index contributed by atoms with van der Waals surface area (Å²) in [6.07, 6.45) is 28.5. The predicted molar refractivity (Wildman–Crippen MR) is 608 cm³/mol. The molecule has 1 aromatic carbocycles. The number of aliphatic carboxylic acids is 1. The Bertz CT molecular complexity index is 3640. The van der Waals surface area contributed by atoms with Crippen LogP contribution in [0.4, 0.5) is 0 Å². The molecule has 4 rings (SSSR count). The van der Waals surface area contributed by atoms with Crippen molar-refractivity contribution in [2.75, 3.05) is 32.8 Å². The molecule has 1 saturated heterocycles. The number of benzene rings is 1. The monoisotopic (exact) mass is 2050 g/mol. The summed E-state index contributed by atoms with van der Waals surface area (Å²) < 4.78 is 43.8. The molecule has 3 aliphatic rings. The van der Waals surface area contributed by atoms with Crippen LogP contribution in [0, 0.1) is 112 Å². The number of hydrogen-bond acceptors (Lipinski definition) is 19. The van der Waals surface area contributed by atoms with Gasteiger partial charge in [0.1, 0.15) is 50.1 Å². The fourth-order valence-electron chi connectivity index (χ4n) is 14.9. The lowest BCUT2D eigenvalue weighted by molar-refractivity contribution is -0.151. The molecule has 1 aromatic rings. The zero-order chi connectivity index (χ0) is 113. The number of rotatable bonds is 55. The number of nitrogens with zero attached hydrogens (tertiary/aromatic N) is 2. The highest BCUT2D eigenvalue weighted by atomic mass is 32.2. The number of carbonyl (C=O) groups is 11. The minimum Gasteiger partial charge on any atom is -0.747 e. The van der Waals surface area contributed by atoms with E-state index in [2.05, 4.69) is 201 Å². The Morgan fingerprint density at radius 1 is 0.465 bits per heavy atom. The Kier molecular flexibility index (Phi) is 94.4. The molecular formula is C122H229N4O17S-. The van der Waals surface area contributed by atoms with Crippen LogP contribution in [0.15, 0.2) is 40.4 Å². The van der Waals surface area contributed by atoms with Gasteiger partial charge in [0.05, 0.1) is 24.5 Å². The number of carboxylic acid groups (broad SMARTS) is 1. The second-order valence-corrected chi connectivity index (χ2v) is 49.2. The minimum absolute atomic E-state index is 0.00704. The van der Waals surface area contributed by atoms with Gasteiger partial charge in [-0.15, -0.1) is 0 Å². The van der Waals surface area contributed by atoms with Crippen LogP contribution in [-0.2, 0) is 78.9 Å². The number of fused-ring (bicyclic) bond motifs is 1. The van der Waals surface area contributed by atoms with Crippen LogP contribution in [0.2, 0.25) is 0 Å². The molecule has 846 valence electrons. The molecule has 0 bridgehead atoms. The summed E-state index contributed by atoms with van der Waals surface area (Å²) in [4.78, 5) is 131. The van der Waals surface area contributed by atoms with Gasteiger partial charge in [-0.3, -0.25) is 62.6 Å². The second-order valence-electron chi connectivity index (χ2n) is 47.6. The van der Waals surface area contributed by atoms with Crippen molar-refractivity contribution >= 4 is 80.1 Å². The highest BCUT2D eigenvalue weighted by Crippen LogP contribution is 2.36. The van der Waals surface area contributed by atoms with E-state index in [9.17, 15) is 65.7 Å². The molecule has 144 heavy (non-hydrogen) atoms. The molecule has 0 radical (unpaired) electrons. The number of nitrogens with one attached hydrogen (secondary N) is 2. The third kappa shape index (κ3) is 91.2. The van der Waals surface area contributed by atoms with Gasteiger partial charge in [0.25, 0.3) is 0 Å². The number of aliphatic imine (C=N–C) groups is 1. The van der Waals surface area contributed by atoms with Crippen molar-refractivity contribution in [1.29, 1.82) is 0 Å². The van der Waals surface area contributed by atoms with Gasteiger partial charge in [0, 0.05) is 149 Å². The van der Waals surface area contributed by atoms with Gasteiger partial charge in [-0.25, -0.2) is 8.42 Å². The number of Topliss-reactive ketones (excluding diaryl/α,β-unsaturated/α-hetero) is 7. The Labute approximate surface area is 886 Å². The maximum Gasteiger partial charge on any atom is 0.308 e. The predicted octanol–water partition coefficient (Wildman–Crippen LogP) is 30.3. The van der Waals surface area contributed by atoms with Gasteiger partial charge >= 0.3 is 11.9 Å². The number of carboxylic acids is 1. The molecule has 2 amide bonds. The molecule has 3 N–H and O–H groups in total. The Morgan fingerprint density at radius 2 is 0.903 bits per heavy atom. The van der Waals surface area contributed by atoms with Crippen molar-refractivity contribution < 1.29 is 80.3 Å². The number of carbonyl (C=O) groups excluding carboxylic acids is 10. The van der Waals surface area contributed by atoms with E-state index in [-0.39, 0.29) is 133 Å². The molecule has 2 heterocycles. The van der Waals surface area contributed by atoms with Gasteiger partial charge in [0.2, 0.25) is 11.8 Å². The Morgan fingerprint density at radius 3 is 1.28 bits per heavy atom. The molecule has 2 fully saturated rings. The second kappa shape index (κ2) is 90.0. The zero-order valence-corrected chi connectivity index (χ0v) is 102. The molecule has 0 aromatic heterocycles. The number of dihydropyridines is 1.